The second-order valence-electron chi connectivity index (χ2n) is 3.93. The van der Waals surface area contributed by atoms with Crippen molar-refractivity contribution in [3.63, 3.8) is 0 Å². The smallest absolute Gasteiger partial charge is 0.166 e. The summed E-state index contributed by atoms with van der Waals surface area (Å²) >= 11 is 0. The van der Waals surface area contributed by atoms with E-state index >= 15 is 0 Å². The molecule has 0 radical (unpaired) electrons. The Labute approximate surface area is 106 Å². The third kappa shape index (κ3) is 4.67. The first kappa shape index (κ1) is 14.4. The van der Waals surface area contributed by atoms with Crippen LogP contribution >= 0.6 is 0 Å². The number of hydrogen-bond acceptors (Lipinski definition) is 0. The lowest BCUT2D eigenvalue weighted by molar-refractivity contribution is -0.0690. The summed E-state index contributed by atoms with van der Waals surface area (Å²) in [7, 11) is 0. The van der Waals surface area contributed by atoms with Gasteiger partial charge in [-0.1, -0.05) is 36.4 Å². The summed E-state index contributed by atoms with van der Waals surface area (Å²) in [6.07, 6.45) is 4.47. The van der Waals surface area contributed by atoms with Gasteiger partial charge in [-0.3, -0.25) is 0 Å². The van der Waals surface area contributed by atoms with Gasteiger partial charge in [0.15, 0.2) is 0 Å². The van der Waals surface area contributed by atoms with Crippen LogP contribution < -0.4 is 0 Å². The number of terminal acetylenes is 1. The molecular weight excluding hydrogens is 237 g/mol. The standard InChI is InChI=1S/C15H15F3/c1-2-3-4-5-9-12-14(15(16,17)18)13-10-7-6-8-11-13/h1,6-8,10-12H,3-5,9H2/b14-12-. The van der Waals surface area contributed by atoms with Gasteiger partial charge >= 0.3 is 6.18 Å². The molecule has 96 valence electrons. The molecule has 1 aromatic rings. The van der Waals surface area contributed by atoms with Gasteiger partial charge in [0.25, 0.3) is 0 Å². The van der Waals surface area contributed by atoms with Gasteiger partial charge in [-0.2, -0.15) is 13.2 Å². The van der Waals surface area contributed by atoms with E-state index in [2.05, 4.69) is 5.92 Å². The lowest BCUT2D eigenvalue weighted by Gasteiger charge is -2.12. The summed E-state index contributed by atoms with van der Waals surface area (Å²) in [5, 5.41) is 0. The zero-order valence-corrected chi connectivity index (χ0v) is 10.0. The third-order valence-corrected chi connectivity index (χ3v) is 2.51. The number of halogens is 3. The molecule has 0 atom stereocenters. The first-order chi connectivity index (χ1) is 8.55. The fourth-order valence-corrected chi connectivity index (χ4v) is 1.63. The summed E-state index contributed by atoms with van der Waals surface area (Å²) < 4.78 is 38.6. The van der Waals surface area contributed by atoms with Crippen molar-refractivity contribution >= 4 is 5.57 Å². The molecule has 0 amide bonds. The van der Waals surface area contributed by atoms with Crippen molar-refractivity contribution in [2.75, 3.05) is 0 Å². The molecule has 0 aliphatic carbocycles. The van der Waals surface area contributed by atoms with Crippen molar-refractivity contribution in [2.24, 2.45) is 0 Å². The van der Waals surface area contributed by atoms with E-state index in [1.807, 2.05) is 0 Å². The Morgan fingerprint density at radius 1 is 1.17 bits per heavy atom. The highest BCUT2D eigenvalue weighted by Crippen LogP contribution is 2.34. The molecule has 0 nitrogen and oxygen atoms in total. The van der Waals surface area contributed by atoms with Gasteiger partial charge in [0.1, 0.15) is 0 Å². The minimum absolute atomic E-state index is 0.210. The van der Waals surface area contributed by atoms with Crippen LogP contribution in [0.3, 0.4) is 0 Å². The van der Waals surface area contributed by atoms with Crippen molar-refractivity contribution in [1.29, 1.82) is 0 Å². The zero-order valence-electron chi connectivity index (χ0n) is 10.0. The van der Waals surface area contributed by atoms with Crippen molar-refractivity contribution in [3.05, 3.63) is 42.0 Å². The molecule has 0 aromatic heterocycles. The summed E-state index contributed by atoms with van der Waals surface area (Å²) in [5.41, 5.74) is -0.356. The molecule has 0 saturated carbocycles. The van der Waals surface area contributed by atoms with E-state index < -0.39 is 11.7 Å². The molecule has 0 saturated heterocycles. The number of hydrogen-bond donors (Lipinski definition) is 0. The first-order valence-corrected chi connectivity index (χ1v) is 5.82. The largest absolute Gasteiger partial charge is 0.416 e. The molecule has 1 aromatic carbocycles. The predicted molar refractivity (Wildman–Crippen MR) is 67.8 cm³/mol. The van der Waals surface area contributed by atoms with Gasteiger partial charge in [-0.05, 0) is 24.8 Å². The molecule has 1 rings (SSSR count). The van der Waals surface area contributed by atoms with Crippen LogP contribution in [-0.2, 0) is 0 Å². The van der Waals surface area contributed by atoms with Gasteiger partial charge in [-0.15, -0.1) is 12.3 Å². The summed E-state index contributed by atoms with van der Waals surface area (Å²) in [6, 6.07) is 7.85. The molecule has 0 N–H and O–H groups in total. The van der Waals surface area contributed by atoms with Crippen molar-refractivity contribution in [1.82, 2.24) is 0 Å². The third-order valence-electron chi connectivity index (χ3n) is 2.51. The first-order valence-electron chi connectivity index (χ1n) is 5.82. The molecule has 18 heavy (non-hydrogen) atoms. The molecule has 0 fully saturated rings. The van der Waals surface area contributed by atoms with Gasteiger partial charge in [0.05, 0.1) is 5.57 Å². The second kappa shape index (κ2) is 6.90. The summed E-state index contributed by atoms with van der Waals surface area (Å²) in [4.78, 5) is 0. The van der Waals surface area contributed by atoms with Crippen LogP contribution in [-0.4, -0.2) is 6.18 Å². The summed E-state index contributed by atoms with van der Waals surface area (Å²) in [6.45, 7) is 0. The van der Waals surface area contributed by atoms with E-state index in [0.717, 1.165) is 6.42 Å². The van der Waals surface area contributed by atoms with Crippen LogP contribution in [0.25, 0.3) is 5.57 Å². The average Bonchev–Trinajstić information content (AvgIpc) is 2.33. The monoisotopic (exact) mass is 252 g/mol. The highest BCUT2D eigenvalue weighted by atomic mass is 19.4. The van der Waals surface area contributed by atoms with E-state index in [9.17, 15) is 13.2 Å². The minimum atomic E-state index is -4.31. The number of unbranched alkanes of at least 4 members (excludes halogenated alkanes) is 3. The maximum Gasteiger partial charge on any atom is 0.416 e. The normalized spacial score (nSPS) is 12.2. The lowest BCUT2D eigenvalue weighted by atomic mass is 10.0. The Kier molecular flexibility index (Phi) is 5.51. The quantitative estimate of drug-likeness (QED) is 0.520. The SMILES string of the molecule is C#CCCCC/C=C(/c1ccccc1)C(F)(F)F. The van der Waals surface area contributed by atoms with Crippen LogP contribution in [0.4, 0.5) is 13.2 Å². The van der Waals surface area contributed by atoms with Gasteiger partial charge < -0.3 is 0 Å². The van der Waals surface area contributed by atoms with Crippen LogP contribution in [0.5, 0.6) is 0 Å². The molecule has 0 bridgehead atoms. The van der Waals surface area contributed by atoms with E-state index in [-0.39, 0.29) is 5.56 Å². The fourth-order valence-electron chi connectivity index (χ4n) is 1.63. The van der Waals surface area contributed by atoms with Gasteiger partial charge in [0.2, 0.25) is 0 Å². The van der Waals surface area contributed by atoms with Gasteiger partial charge in [-0.25, -0.2) is 0 Å². The topological polar surface area (TPSA) is 0 Å². The molecular formula is C15H15F3. The molecule has 3 heteroatoms. The number of benzene rings is 1. The number of allylic oxidation sites excluding steroid dienone is 2. The lowest BCUT2D eigenvalue weighted by Crippen LogP contribution is -2.10. The average molecular weight is 252 g/mol. The minimum Gasteiger partial charge on any atom is -0.166 e. The van der Waals surface area contributed by atoms with Crippen molar-refractivity contribution in [2.45, 2.75) is 31.9 Å². The van der Waals surface area contributed by atoms with Crippen LogP contribution in [0.1, 0.15) is 31.2 Å². The molecule has 0 spiro atoms. The predicted octanol–water partition coefficient (Wildman–Crippen LogP) is 4.83. The number of rotatable bonds is 5. The van der Waals surface area contributed by atoms with Crippen LogP contribution in [0, 0.1) is 12.3 Å². The molecule has 0 heterocycles. The van der Waals surface area contributed by atoms with Gasteiger partial charge in [0, 0.05) is 6.42 Å². The van der Waals surface area contributed by atoms with Crippen LogP contribution in [0.15, 0.2) is 36.4 Å². The van der Waals surface area contributed by atoms with Crippen molar-refractivity contribution in [3.8, 4) is 12.3 Å². The van der Waals surface area contributed by atoms with E-state index in [1.54, 1.807) is 18.2 Å². The Morgan fingerprint density at radius 2 is 1.83 bits per heavy atom. The van der Waals surface area contributed by atoms with Crippen LogP contribution in [0.2, 0.25) is 0 Å². The highest BCUT2D eigenvalue weighted by molar-refractivity contribution is 5.69. The van der Waals surface area contributed by atoms with Crippen molar-refractivity contribution < 1.29 is 13.2 Å². The Morgan fingerprint density at radius 3 is 2.39 bits per heavy atom. The Hall–Kier alpha value is -1.69. The second-order valence-corrected chi connectivity index (χ2v) is 3.93. The Balaban J connectivity index is 2.75. The van der Waals surface area contributed by atoms with E-state index in [0.29, 0.717) is 19.3 Å². The molecule has 0 unspecified atom stereocenters. The van der Waals surface area contributed by atoms with E-state index in [4.69, 9.17) is 6.42 Å². The highest BCUT2D eigenvalue weighted by Gasteiger charge is 2.33. The molecule has 0 aliphatic rings. The zero-order chi connectivity index (χ0) is 13.4. The summed E-state index contributed by atoms with van der Waals surface area (Å²) in [5.74, 6) is 2.47. The maximum absolute atomic E-state index is 12.9. The Bertz CT molecular complexity index is 421. The maximum atomic E-state index is 12.9. The molecule has 0 aliphatic heterocycles. The fraction of sp³-hybridized carbons (Fsp3) is 0.333. The number of alkyl halides is 3. The van der Waals surface area contributed by atoms with E-state index in [1.165, 1.54) is 18.2 Å².